The van der Waals surface area contributed by atoms with Gasteiger partial charge in [-0.15, -0.1) is 5.10 Å². The smallest absolute Gasteiger partial charge is 0.274 e. The largest absolute Gasteiger partial charge is 0.501 e. The van der Waals surface area contributed by atoms with E-state index in [1.54, 1.807) is 25.1 Å². The Labute approximate surface area is 202 Å². The summed E-state index contributed by atoms with van der Waals surface area (Å²) in [6, 6.07) is 8.43. The SMILES string of the molecule is [B]C1([B])Oc2ccc(OC3CCN(c4nn5c(=O)cc(C)nc5cc4C)CC3)cc2OC1([B])[B]. The Morgan fingerprint density at radius 3 is 2.38 bits per heavy atom. The van der Waals surface area contributed by atoms with E-state index in [2.05, 4.69) is 15.0 Å². The molecule has 0 atom stereocenters. The van der Waals surface area contributed by atoms with Crippen LogP contribution in [0.2, 0.25) is 0 Å². The zero-order valence-electron chi connectivity index (χ0n) is 19.0. The van der Waals surface area contributed by atoms with Crippen LogP contribution in [0.3, 0.4) is 0 Å². The summed E-state index contributed by atoms with van der Waals surface area (Å²) < 4.78 is 18.6. The molecule has 5 rings (SSSR count). The van der Waals surface area contributed by atoms with Crippen molar-refractivity contribution in [1.82, 2.24) is 14.6 Å². The van der Waals surface area contributed by atoms with Gasteiger partial charge in [-0.25, -0.2) is 4.98 Å². The summed E-state index contributed by atoms with van der Waals surface area (Å²) in [5.74, 6) is 1.99. The number of nitrogens with zero attached hydrogens (tertiary/aromatic N) is 4. The summed E-state index contributed by atoms with van der Waals surface area (Å²) >= 11 is 0. The second-order valence-electron chi connectivity index (χ2n) is 8.86. The third kappa shape index (κ3) is 4.03. The number of ether oxygens (including phenoxy) is 3. The average Bonchev–Trinajstić information content (AvgIpc) is 2.74. The molecule has 1 saturated heterocycles. The molecule has 8 nitrogen and oxygen atoms in total. The van der Waals surface area contributed by atoms with E-state index in [0.717, 1.165) is 37.3 Å². The molecule has 4 heterocycles. The molecule has 2 aromatic heterocycles. The zero-order valence-corrected chi connectivity index (χ0v) is 19.0. The van der Waals surface area contributed by atoms with Crippen LogP contribution in [0.1, 0.15) is 24.1 Å². The van der Waals surface area contributed by atoms with Crippen LogP contribution in [0.4, 0.5) is 5.82 Å². The number of piperidine rings is 1. The monoisotopic (exact) mass is 448 g/mol. The maximum Gasteiger partial charge on any atom is 0.274 e. The predicted molar refractivity (Wildman–Crippen MR) is 131 cm³/mol. The van der Waals surface area contributed by atoms with E-state index in [9.17, 15) is 4.79 Å². The first-order chi connectivity index (χ1) is 16.0. The molecular formula is C22H20B4N4O4. The predicted octanol–water partition coefficient (Wildman–Crippen LogP) is 0.507. The Hall–Kier alpha value is -3.03. The van der Waals surface area contributed by atoms with E-state index in [0.29, 0.717) is 28.6 Å². The van der Waals surface area contributed by atoms with Crippen LogP contribution in [-0.2, 0) is 0 Å². The lowest BCUT2D eigenvalue weighted by Gasteiger charge is -2.48. The highest BCUT2D eigenvalue weighted by Gasteiger charge is 2.43. The number of anilines is 1. The molecule has 0 amide bonds. The minimum atomic E-state index is -1.90. The van der Waals surface area contributed by atoms with Gasteiger partial charge in [-0.1, -0.05) is 0 Å². The second kappa shape index (κ2) is 8.03. The van der Waals surface area contributed by atoms with E-state index in [1.165, 1.54) is 10.6 Å². The molecule has 2 aliphatic rings. The van der Waals surface area contributed by atoms with E-state index < -0.39 is 10.8 Å². The third-order valence-corrected chi connectivity index (χ3v) is 6.07. The molecular weight excluding hydrogens is 428 g/mol. The Morgan fingerprint density at radius 1 is 1.00 bits per heavy atom. The molecule has 1 fully saturated rings. The summed E-state index contributed by atoms with van der Waals surface area (Å²) in [4.78, 5) is 18.9. The van der Waals surface area contributed by atoms with Gasteiger partial charge in [0.1, 0.15) is 43.2 Å². The van der Waals surface area contributed by atoms with Crippen LogP contribution < -0.4 is 24.7 Å². The fourth-order valence-electron chi connectivity index (χ4n) is 4.18. The highest BCUT2D eigenvalue weighted by atomic mass is 16.6. The van der Waals surface area contributed by atoms with Gasteiger partial charge in [-0.2, -0.15) is 4.52 Å². The number of benzene rings is 1. The molecule has 0 aliphatic carbocycles. The molecule has 12 heteroatoms. The first kappa shape index (κ1) is 22.7. The summed E-state index contributed by atoms with van der Waals surface area (Å²) in [7, 11) is 23.3. The van der Waals surface area contributed by atoms with Crippen molar-refractivity contribution in [3.8, 4) is 17.2 Å². The summed E-state index contributed by atoms with van der Waals surface area (Å²) in [5, 5.41) is 0.805. The Kier molecular flexibility index (Phi) is 5.37. The topological polar surface area (TPSA) is 78.2 Å². The van der Waals surface area contributed by atoms with Gasteiger partial charge < -0.3 is 19.1 Å². The van der Waals surface area contributed by atoms with Crippen molar-refractivity contribution in [1.29, 1.82) is 0 Å². The first-order valence-electron chi connectivity index (χ1n) is 11.0. The Bertz CT molecular complexity index is 1320. The van der Waals surface area contributed by atoms with Gasteiger partial charge in [0.2, 0.25) is 0 Å². The van der Waals surface area contributed by atoms with Gasteiger partial charge in [0.05, 0.1) is 0 Å². The lowest BCUT2D eigenvalue weighted by atomic mass is 9.41. The minimum Gasteiger partial charge on any atom is -0.501 e. The van der Waals surface area contributed by atoms with Gasteiger partial charge in [-0.05, 0) is 37.6 Å². The van der Waals surface area contributed by atoms with Crippen molar-refractivity contribution >= 4 is 42.9 Å². The van der Waals surface area contributed by atoms with Crippen molar-refractivity contribution in [2.24, 2.45) is 0 Å². The molecule has 164 valence electrons. The van der Waals surface area contributed by atoms with Crippen molar-refractivity contribution in [2.45, 2.75) is 43.6 Å². The molecule has 8 radical (unpaired) electrons. The highest BCUT2D eigenvalue weighted by molar-refractivity contribution is 6.53. The van der Waals surface area contributed by atoms with Crippen LogP contribution in [-0.4, -0.2) is 76.0 Å². The quantitative estimate of drug-likeness (QED) is 0.541. The molecule has 0 saturated carbocycles. The molecule has 0 N–H and O–H groups in total. The number of aryl methyl sites for hydroxylation is 2. The van der Waals surface area contributed by atoms with E-state index >= 15 is 0 Å². The van der Waals surface area contributed by atoms with E-state index in [1.807, 2.05) is 13.0 Å². The van der Waals surface area contributed by atoms with Crippen LogP contribution in [0, 0.1) is 13.8 Å². The number of rotatable bonds is 3. The molecule has 0 spiro atoms. The molecule has 1 aromatic carbocycles. The molecule has 0 unspecified atom stereocenters. The third-order valence-electron chi connectivity index (χ3n) is 6.07. The van der Waals surface area contributed by atoms with Crippen molar-refractivity contribution in [2.75, 3.05) is 18.0 Å². The standard InChI is InChI=1S/C22H20B4N4O4/c1-12-9-18-27-13(2)10-19(31)30(18)28-20(12)29-7-5-14(6-8-29)32-15-3-4-16-17(11-15)34-22(25,26)21(23,24)33-16/h3-4,9-11,14H,5-8H2,1-2H3. The zero-order chi connectivity index (χ0) is 24.3. The number of hydrogen-bond acceptors (Lipinski definition) is 7. The summed E-state index contributed by atoms with van der Waals surface area (Å²) in [6.07, 6.45) is 1.51. The first-order valence-corrected chi connectivity index (χ1v) is 11.0. The number of aromatic nitrogens is 3. The van der Waals surface area contributed by atoms with Crippen LogP contribution in [0.5, 0.6) is 17.2 Å². The average molecular weight is 448 g/mol. The molecule has 34 heavy (non-hydrogen) atoms. The van der Waals surface area contributed by atoms with Gasteiger partial charge >= 0.3 is 0 Å². The normalized spacial score (nSPS) is 19.2. The summed E-state index contributed by atoms with van der Waals surface area (Å²) in [6.45, 7) is 5.21. The van der Waals surface area contributed by atoms with Gasteiger partial charge in [0.15, 0.2) is 23.0 Å². The van der Waals surface area contributed by atoms with Crippen molar-refractivity contribution in [3.05, 3.63) is 51.9 Å². The van der Waals surface area contributed by atoms with E-state index in [-0.39, 0.29) is 11.7 Å². The lowest BCUT2D eigenvalue weighted by molar-refractivity contribution is 0.0609. The molecule has 3 aromatic rings. The minimum absolute atomic E-state index is 0.0183. The Balaban J connectivity index is 1.28. The van der Waals surface area contributed by atoms with Crippen molar-refractivity contribution in [3.63, 3.8) is 0 Å². The van der Waals surface area contributed by atoms with E-state index in [4.69, 9.17) is 45.6 Å². The fourth-order valence-corrected chi connectivity index (χ4v) is 4.18. The molecule has 2 aliphatic heterocycles. The van der Waals surface area contributed by atoms with Gasteiger partial charge in [0.25, 0.3) is 5.56 Å². The van der Waals surface area contributed by atoms with Gasteiger partial charge in [-0.3, -0.25) is 4.79 Å². The second-order valence-corrected chi connectivity index (χ2v) is 8.86. The lowest BCUT2D eigenvalue weighted by Crippen LogP contribution is -2.65. The van der Waals surface area contributed by atoms with Gasteiger partial charge in [0, 0.05) is 54.6 Å². The van der Waals surface area contributed by atoms with Crippen LogP contribution >= 0.6 is 0 Å². The van der Waals surface area contributed by atoms with Crippen LogP contribution in [0.15, 0.2) is 35.1 Å². The number of hydrogen-bond donors (Lipinski definition) is 0. The Morgan fingerprint density at radius 2 is 1.68 bits per heavy atom. The maximum absolute atomic E-state index is 12.4. The van der Waals surface area contributed by atoms with Crippen molar-refractivity contribution < 1.29 is 14.2 Å². The number of fused-ring (bicyclic) bond motifs is 2. The summed E-state index contributed by atoms with van der Waals surface area (Å²) in [5.41, 5.74) is 1.99. The fraction of sp³-hybridized carbons (Fsp3) is 0.409. The highest BCUT2D eigenvalue weighted by Crippen LogP contribution is 2.41. The maximum atomic E-state index is 12.4. The van der Waals surface area contributed by atoms with Crippen LogP contribution in [0.25, 0.3) is 5.65 Å². The molecule has 0 bridgehead atoms.